The zero-order valence-corrected chi connectivity index (χ0v) is 25.1. The quantitative estimate of drug-likeness (QED) is 0.471. The van der Waals surface area contributed by atoms with Crippen molar-refractivity contribution >= 4 is 5.91 Å². The van der Waals surface area contributed by atoms with Gasteiger partial charge in [0.05, 0.1) is 18.4 Å². The number of piperazine rings is 1. The number of aliphatic hydroxyl groups excluding tert-OH is 2. The Morgan fingerprint density at radius 1 is 0.923 bits per heavy atom. The molecule has 3 N–H and O–H groups in total. The molecule has 11 unspecified atom stereocenters. The summed E-state index contributed by atoms with van der Waals surface area (Å²) in [5.41, 5.74) is 0.582. The van der Waals surface area contributed by atoms with Crippen LogP contribution in [0.25, 0.3) is 0 Å². The van der Waals surface area contributed by atoms with Crippen LogP contribution in [0.3, 0.4) is 0 Å². The minimum absolute atomic E-state index is 0.169. The van der Waals surface area contributed by atoms with E-state index in [0.717, 1.165) is 64.8 Å². The third-order valence-electron chi connectivity index (χ3n) is 13.6. The molecule has 0 aromatic carbocycles. The number of carbonyl (C=O) groups is 1. The van der Waals surface area contributed by atoms with Crippen molar-refractivity contribution in [3.63, 3.8) is 0 Å². The second-order valence-corrected chi connectivity index (χ2v) is 15.4. The van der Waals surface area contributed by atoms with Crippen molar-refractivity contribution in [2.75, 3.05) is 32.7 Å². The van der Waals surface area contributed by atoms with Gasteiger partial charge in [-0.15, -0.1) is 0 Å². The highest BCUT2D eigenvalue weighted by Crippen LogP contribution is 2.68. The maximum Gasteiger partial charge on any atom is 0.222 e. The largest absolute Gasteiger partial charge is 0.393 e. The van der Waals surface area contributed by atoms with Crippen molar-refractivity contribution in [1.29, 1.82) is 0 Å². The summed E-state index contributed by atoms with van der Waals surface area (Å²) in [6.45, 7) is 12.4. The standard InChI is InChI=1S/C33H57N3O3/c1-22(7-10-30(39)36-18-16-35(17-19-36)29-6-4-5-15-34-29)25-8-9-26-31-27(12-14-33(25,26)3)32(2)13-11-24(37)20-23(32)21-28(31)38/h22-29,31,34,37-38H,4-21H2,1-3H3. The maximum atomic E-state index is 13.2. The van der Waals surface area contributed by atoms with E-state index in [2.05, 4.69) is 35.9 Å². The highest BCUT2D eigenvalue weighted by Gasteiger charge is 2.62. The zero-order valence-electron chi connectivity index (χ0n) is 25.1. The van der Waals surface area contributed by atoms with E-state index in [1.54, 1.807) is 0 Å². The monoisotopic (exact) mass is 543 g/mol. The third kappa shape index (κ3) is 5.12. The summed E-state index contributed by atoms with van der Waals surface area (Å²) < 4.78 is 0. The normalized spacial score (nSPS) is 47.7. The van der Waals surface area contributed by atoms with Gasteiger partial charge in [0.1, 0.15) is 0 Å². The molecule has 6 heteroatoms. The Labute approximate surface area is 237 Å². The molecule has 0 radical (unpaired) electrons. The van der Waals surface area contributed by atoms with Gasteiger partial charge in [0.15, 0.2) is 0 Å². The molecular formula is C33H57N3O3. The van der Waals surface area contributed by atoms with Crippen LogP contribution >= 0.6 is 0 Å². The van der Waals surface area contributed by atoms with Crippen molar-refractivity contribution in [3.8, 4) is 0 Å². The van der Waals surface area contributed by atoms with E-state index < -0.39 is 0 Å². The molecule has 0 spiro atoms. The number of nitrogens with zero attached hydrogens (tertiary/aromatic N) is 2. The fourth-order valence-corrected chi connectivity index (χ4v) is 11.3. The Morgan fingerprint density at radius 2 is 1.67 bits per heavy atom. The van der Waals surface area contributed by atoms with Crippen LogP contribution in [0.15, 0.2) is 0 Å². The molecule has 6 fully saturated rings. The number of aliphatic hydroxyl groups is 2. The molecule has 39 heavy (non-hydrogen) atoms. The van der Waals surface area contributed by atoms with Crippen molar-refractivity contribution in [3.05, 3.63) is 0 Å². The zero-order chi connectivity index (χ0) is 27.4. The second kappa shape index (κ2) is 11.2. The molecule has 4 aliphatic carbocycles. The van der Waals surface area contributed by atoms with Gasteiger partial charge in [0.25, 0.3) is 0 Å². The van der Waals surface area contributed by atoms with Gasteiger partial charge in [-0.1, -0.05) is 20.8 Å². The molecule has 4 saturated carbocycles. The fraction of sp³-hybridized carbons (Fsp3) is 0.970. The summed E-state index contributed by atoms with van der Waals surface area (Å²) in [7, 11) is 0. The Morgan fingerprint density at radius 3 is 2.41 bits per heavy atom. The lowest BCUT2D eigenvalue weighted by Gasteiger charge is -2.62. The average molecular weight is 544 g/mol. The molecule has 2 saturated heterocycles. The van der Waals surface area contributed by atoms with Crippen molar-refractivity contribution in [1.82, 2.24) is 15.1 Å². The van der Waals surface area contributed by atoms with E-state index in [-0.39, 0.29) is 17.6 Å². The van der Waals surface area contributed by atoms with Crippen LogP contribution in [0.4, 0.5) is 0 Å². The summed E-state index contributed by atoms with van der Waals surface area (Å²) in [5, 5.41) is 25.5. The Kier molecular flexibility index (Phi) is 8.16. The van der Waals surface area contributed by atoms with Crippen LogP contribution in [0.5, 0.6) is 0 Å². The molecule has 2 heterocycles. The Bertz CT molecular complexity index is 870. The Balaban J connectivity index is 1.04. The lowest BCUT2D eigenvalue weighted by atomic mass is 9.43. The van der Waals surface area contributed by atoms with E-state index >= 15 is 0 Å². The molecule has 1 amide bonds. The smallest absolute Gasteiger partial charge is 0.222 e. The van der Waals surface area contributed by atoms with Crippen LogP contribution in [-0.2, 0) is 4.79 Å². The van der Waals surface area contributed by atoms with Crippen LogP contribution in [0, 0.1) is 46.3 Å². The minimum Gasteiger partial charge on any atom is -0.393 e. The van der Waals surface area contributed by atoms with Gasteiger partial charge >= 0.3 is 0 Å². The average Bonchev–Trinajstić information content (AvgIpc) is 3.30. The number of amides is 1. The number of carbonyl (C=O) groups excluding carboxylic acids is 1. The van der Waals surface area contributed by atoms with E-state index in [1.165, 1.54) is 44.9 Å². The first-order valence-electron chi connectivity index (χ1n) is 16.8. The molecule has 222 valence electrons. The van der Waals surface area contributed by atoms with E-state index in [0.29, 0.717) is 59.4 Å². The minimum atomic E-state index is -0.207. The molecule has 2 aliphatic heterocycles. The van der Waals surface area contributed by atoms with Crippen LogP contribution in [-0.4, -0.2) is 77.0 Å². The lowest BCUT2D eigenvalue weighted by molar-refractivity contribution is -0.174. The van der Waals surface area contributed by atoms with Gasteiger partial charge in [-0.3, -0.25) is 9.69 Å². The van der Waals surface area contributed by atoms with Gasteiger partial charge in [-0.05, 0) is 130 Å². The highest BCUT2D eigenvalue weighted by atomic mass is 16.3. The van der Waals surface area contributed by atoms with Gasteiger partial charge in [-0.2, -0.15) is 0 Å². The highest BCUT2D eigenvalue weighted by molar-refractivity contribution is 5.76. The number of hydrogen-bond acceptors (Lipinski definition) is 5. The van der Waals surface area contributed by atoms with Crippen molar-refractivity contribution in [2.24, 2.45) is 46.3 Å². The van der Waals surface area contributed by atoms with Crippen LogP contribution < -0.4 is 5.32 Å². The van der Waals surface area contributed by atoms with E-state index in [9.17, 15) is 15.0 Å². The molecule has 6 rings (SSSR count). The van der Waals surface area contributed by atoms with Crippen LogP contribution in [0.1, 0.15) is 104 Å². The number of rotatable bonds is 5. The summed E-state index contributed by atoms with van der Waals surface area (Å²) in [6.07, 6.45) is 14.6. The summed E-state index contributed by atoms with van der Waals surface area (Å²) >= 11 is 0. The van der Waals surface area contributed by atoms with E-state index in [1.807, 2.05) is 0 Å². The molecule has 0 bridgehead atoms. The molecule has 11 atom stereocenters. The number of fused-ring (bicyclic) bond motifs is 5. The molecule has 0 aromatic heterocycles. The van der Waals surface area contributed by atoms with Gasteiger partial charge in [0.2, 0.25) is 5.91 Å². The summed E-state index contributed by atoms with van der Waals surface area (Å²) in [4.78, 5) is 17.9. The second-order valence-electron chi connectivity index (χ2n) is 15.4. The van der Waals surface area contributed by atoms with Gasteiger partial charge in [-0.25, -0.2) is 0 Å². The summed E-state index contributed by atoms with van der Waals surface area (Å²) in [6, 6.07) is 0. The predicted octanol–water partition coefficient (Wildman–Crippen LogP) is 4.64. The molecule has 0 aromatic rings. The molecular weight excluding hydrogens is 486 g/mol. The van der Waals surface area contributed by atoms with Crippen molar-refractivity contribution < 1.29 is 15.0 Å². The fourth-order valence-electron chi connectivity index (χ4n) is 11.3. The molecule has 6 nitrogen and oxygen atoms in total. The lowest BCUT2D eigenvalue weighted by Crippen LogP contribution is -2.58. The van der Waals surface area contributed by atoms with Gasteiger partial charge in [0, 0.05) is 32.6 Å². The maximum absolute atomic E-state index is 13.2. The SMILES string of the molecule is CC(CCC(=O)N1CCN(C2CCCCN2)CC1)C1CCC2C3C(O)CC4CC(O)CCC4(C)C3CCC12C. The molecule has 6 aliphatic rings. The number of piperidine rings is 1. The topological polar surface area (TPSA) is 76.0 Å². The first-order chi connectivity index (χ1) is 18.7. The first kappa shape index (κ1) is 28.4. The van der Waals surface area contributed by atoms with E-state index in [4.69, 9.17) is 0 Å². The Hall–Kier alpha value is -0.690. The summed E-state index contributed by atoms with van der Waals surface area (Å²) in [5.74, 6) is 3.70. The number of nitrogens with one attached hydrogen (secondary N) is 1. The number of hydrogen-bond donors (Lipinski definition) is 3. The van der Waals surface area contributed by atoms with Crippen molar-refractivity contribution in [2.45, 2.75) is 123 Å². The predicted molar refractivity (Wildman–Crippen MR) is 155 cm³/mol. The van der Waals surface area contributed by atoms with Gasteiger partial charge < -0.3 is 20.4 Å². The first-order valence-corrected chi connectivity index (χ1v) is 16.8. The van der Waals surface area contributed by atoms with Crippen LogP contribution in [0.2, 0.25) is 0 Å². The third-order valence-corrected chi connectivity index (χ3v) is 13.6.